The summed E-state index contributed by atoms with van der Waals surface area (Å²) in [6.45, 7) is 4.81. The van der Waals surface area contributed by atoms with E-state index in [1.165, 1.54) is 32.1 Å². The molecule has 0 heteroatoms. The lowest BCUT2D eigenvalue weighted by Gasteiger charge is -2.47. The van der Waals surface area contributed by atoms with Crippen LogP contribution in [0.1, 0.15) is 65.2 Å². The van der Waals surface area contributed by atoms with E-state index in [4.69, 9.17) is 0 Å². The first kappa shape index (κ1) is 9.55. The van der Waals surface area contributed by atoms with Crippen LogP contribution in [0.3, 0.4) is 0 Å². The summed E-state index contributed by atoms with van der Waals surface area (Å²) >= 11 is 0. The van der Waals surface area contributed by atoms with E-state index in [9.17, 15) is 0 Å². The second-order valence-electron chi connectivity index (χ2n) is 5.51. The first-order valence-corrected chi connectivity index (χ1v) is 6.28. The molecule has 0 nitrogen and oxygen atoms in total. The molecule has 0 saturated heterocycles. The van der Waals surface area contributed by atoms with Crippen LogP contribution in [0.4, 0.5) is 0 Å². The third-order valence-corrected chi connectivity index (χ3v) is 4.83. The molecule has 2 unspecified atom stereocenters. The van der Waals surface area contributed by atoms with Crippen molar-refractivity contribution in [1.29, 1.82) is 0 Å². The van der Waals surface area contributed by atoms with Gasteiger partial charge in [-0.1, -0.05) is 46.0 Å². The molecule has 0 heterocycles. The van der Waals surface area contributed by atoms with E-state index >= 15 is 0 Å². The van der Waals surface area contributed by atoms with E-state index < -0.39 is 0 Å². The average Bonchev–Trinajstić information content (AvgIpc) is 2.17. The molecule has 0 aromatic rings. The van der Waals surface area contributed by atoms with Crippen LogP contribution in [0.25, 0.3) is 0 Å². The Bertz CT molecular complexity index is 153. The lowest BCUT2D eigenvalue weighted by atomic mass is 9.59. The molecule has 2 rings (SSSR count). The van der Waals surface area contributed by atoms with E-state index in [0.717, 1.165) is 17.3 Å². The van der Waals surface area contributed by atoms with Gasteiger partial charge in [-0.2, -0.15) is 0 Å². The standard InChI is InChI=1S/C13H24/c1-3-13(4-2)9-11-6-5-7-12(8-11)10-13/h11-12H,3-10H2,1-2H3. The summed E-state index contributed by atoms with van der Waals surface area (Å²) < 4.78 is 0. The predicted octanol–water partition coefficient (Wildman–Crippen LogP) is 4.39. The van der Waals surface area contributed by atoms with Crippen LogP contribution in [0, 0.1) is 17.3 Å². The highest BCUT2D eigenvalue weighted by Gasteiger charge is 2.39. The Morgan fingerprint density at radius 3 is 2.00 bits per heavy atom. The fourth-order valence-corrected chi connectivity index (χ4v) is 3.91. The van der Waals surface area contributed by atoms with Crippen molar-refractivity contribution in [2.75, 3.05) is 0 Å². The third-order valence-electron chi connectivity index (χ3n) is 4.83. The summed E-state index contributed by atoms with van der Waals surface area (Å²) in [6, 6.07) is 0. The molecule has 0 amide bonds. The van der Waals surface area contributed by atoms with Crippen molar-refractivity contribution < 1.29 is 0 Å². The molecule has 2 fully saturated rings. The van der Waals surface area contributed by atoms with Crippen LogP contribution >= 0.6 is 0 Å². The Kier molecular flexibility index (Phi) is 2.67. The lowest BCUT2D eigenvalue weighted by molar-refractivity contribution is 0.0482. The number of rotatable bonds is 2. The molecule has 2 aliphatic rings. The Morgan fingerprint density at radius 1 is 1.00 bits per heavy atom. The van der Waals surface area contributed by atoms with Crippen molar-refractivity contribution in [3.05, 3.63) is 0 Å². The molecule has 0 aromatic heterocycles. The van der Waals surface area contributed by atoms with E-state index in [0.29, 0.717) is 0 Å². The molecule has 13 heavy (non-hydrogen) atoms. The minimum atomic E-state index is 0.758. The fourth-order valence-electron chi connectivity index (χ4n) is 3.91. The summed E-state index contributed by atoms with van der Waals surface area (Å²) in [6.07, 6.45) is 12.1. The van der Waals surface area contributed by atoms with Gasteiger partial charge in [-0.05, 0) is 36.5 Å². The highest BCUT2D eigenvalue weighted by molar-refractivity contribution is 4.90. The first-order chi connectivity index (χ1) is 6.28. The monoisotopic (exact) mass is 180 g/mol. The van der Waals surface area contributed by atoms with Gasteiger partial charge in [-0.3, -0.25) is 0 Å². The van der Waals surface area contributed by atoms with Crippen LogP contribution in [0.15, 0.2) is 0 Å². The van der Waals surface area contributed by atoms with Crippen molar-refractivity contribution in [2.45, 2.75) is 65.2 Å². The van der Waals surface area contributed by atoms with Gasteiger partial charge in [-0.15, -0.1) is 0 Å². The highest BCUT2D eigenvalue weighted by atomic mass is 14.4. The minimum Gasteiger partial charge on any atom is -0.0649 e. The molecule has 2 aliphatic carbocycles. The van der Waals surface area contributed by atoms with Crippen LogP contribution in [0.2, 0.25) is 0 Å². The van der Waals surface area contributed by atoms with Crippen LogP contribution in [0.5, 0.6) is 0 Å². The smallest absolute Gasteiger partial charge is 0.0297 e. The topological polar surface area (TPSA) is 0 Å². The van der Waals surface area contributed by atoms with Crippen molar-refractivity contribution in [1.82, 2.24) is 0 Å². The van der Waals surface area contributed by atoms with Crippen molar-refractivity contribution in [3.63, 3.8) is 0 Å². The Labute approximate surface area is 83.1 Å². The molecular formula is C13H24. The molecule has 0 aliphatic heterocycles. The molecule has 2 saturated carbocycles. The van der Waals surface area contributed by atoms with Gasteiger partial charge in [0.15, 0.2) is 0 Å². The van der Waals surface area contributed by atoms with Crippen molar-refractivity contribution in [3.8, 4) is 0 Å². The zero-order valence-corrected chi connectivity index (χ0v) is 9.31. The van der Waals surface area contributed by atoms with Crippen LogP contribution in [-0.4, -0.2) is 0 Å². The van der Waals surface area contributed by atoms with E-state index in [-0.39, 0.29) is 0 Å². The molecule has 0 radical (unpaired) electrons. The second-order valence-corrected chi connectivity index (χ2v) is 5.51. The Hall–Kier alpha value is 0. The summed E-state index contributed by atoms with van der Waals surface area (Å²) in [5.74, 6) is 2.21. The van der Waals surface area contributed by atoms with E-state index in [1.54, 1.807) is 19.3 Å². The lowest BCUT2D eigenvalue weighted by Crippen LogP contribution is -2.35. The van der Waals surface area contributed by atoms with E-state index in [1.807, 2.05) is 0 Å². The quantitative estimate of drug-likeness (QED) is 0.591. The minimum absolute atomic E-state index is 0.758. The highest BCUT2D eigenvalue weighted by Crippen LogP contribution is 2.51. The summed E-state index contributed by atoms with van der Waals surface area (Å²) in [5.41, 5.74) is 0.758. The molecule has 2 atom stereocenters. The van der Waals surface area contributed by atoms with Gasteiger partial charge in [0.1, 0.15) is 0 Å². The van der Waals surface area contributed by atoms with Gasteiger partial charge >= 0.3 is 0 Å². The molecule has 0 aromatic carbocycles. The van der Waals surface area contributed by atoms with Gasteiger partial charge in [0, 0.05) is 0 Å². The predicted molar refractivity (Wildman–Crippen MR) is 57.7 cm³/mol. The maximum absolute atomic E-state index is 2.41. The first-order valence-electron chi connectivity index (χ1n) is 6.28. The van der Waals surface area contributed by atoms with Gasteiger partial charge < -0.3 is 0 Å². The normalized spacial score (nSPS) is 37.4. The molecule has 2 bridgehead atoms. The molecule has 0 N–H and O–H groups in total. The van der Waals surface area contributed by atoms with Gasteiger partial charge in [0.25, 0.3) is 0 Å². The Morgan fingerprint density at radius 2 is 1.54 bits per heavy atom. The largest absolute Gasteiger partial charge is 0.0649 e. The van der Waals surface area contributed by atoms with Gasteiger partial charge in [-0.25, -0.2) is 0 Å². The SMILES string of the molecule is CCC1(CC)CC2CCCC(C2)C1. The van der Waals surface area contributed by atoms with Crippen molar-refractivity contribution >= 4 is 0 Å². The van der Waals surface area contributed by atoms with Crippen LogP contribution < -0.4 is 0 Å². The summed E-state index contributed by atoms with van der Waals surface area (Å²) in [7, 11) is 0. The molecule has 76 valence electrons. The third kappa shape index (κ3) is 1.78. The number of fused-ring (bicyclic) bond motifs is 2. The second kappa shape index (κ2) is 3.63. The average molecular weight is 180 g/mol. The molecule has 0 spiro atoms. The maximum atomic E-state index is 2.41. The van der Waals surface area contributed by atoms with E-state index in [2.05, 4.69) is 13.8 Å². The number of hydrogen-bond acceptors (Lipinski definition) is 0. The summed E-state index contributed by atoms with van der Waals surface area (Å²) in [4.78, 5) is 0. The van der Waals surface area contributed by atoms with Crippen LogP contribution in [-0.2, 0) is 0 Å². The Balaban J connectivity index is 2.07. The molecular weight excluding hydrogens is 156 g/mol. The number of hydrogen-bond donors (Lipinski definition) is 0. The van der Waals surface area contributed by atoms with Gasteiger partial charge in [0.2, 0.25) is 0 Å². The zero-order valence-electron chi connectivity index (χ0n) is 9.31. The van der Waals surface area contributed by atoms with Gasteiger partial charge in [0.05, 0.1) is 0 Å². The zero-order chi connectivity index (χ0) is 9.31. The fraction of sp³-hybridized carbons (Fsp3) is 1.00. The maximum Gasteiger partial charge on any atom is -0.0297 e. The summed E-state index contributed by atoms with van der Waals surface area (Å²) in [5, 5.41) is 0. The van der Waals surface area contributed by atoms with Crippen molar-refractivity contribution in [2.24, 2.45) is 17.3 Å².